The van der Waals surface area contributed by atoms with Gasteiger partial charge < -0.3 is 10.2 Å². The minimum Gasteiger partial charge on any atom is -0.368 e. The number of rotatable bonds is 4. The zero-order valence-electron chi connectivity index (χ0n) is 20.0. The molecule has 1 N–H and O–H groups in total. The van der Waals surface area contributed by atoms with Crippen LogP contribution in [0.4, 0.5) is 29.0 Å². The van der Waals surface area contributed by atoms with E-state index in [2.05, 4.69) is 60.1 Å². The Morgan fingerprint density at radius 1 is 0.941 bits per heavy atom. The van der Waals surface area contributed by atoms with Crippen molar-refractivity contribution in [2.75, 3.05) is 47.8 Å². The number of pyridine rings is 1. The second-order valence-corrected chi connectivity index (χ2v) is 9.98. The van der Waals surface area contributed by atoms with Crippen LogP contribution >= 0.6 is 0 Å². The summed E-state index contributed by atoms with van der Waals surface area (Å²) in [6.07, 6.45) is 9.59. The van der Waals surface area contributed by atoms with Gasteiger partial charge in [-0.3, -0.25) is 9.80 Å². The van der Waals surface area contributed by atoms with Gasteiger partial charge in [-0.05, 0) is 38.8 Å². The van der Waals surface area contributed by atoms with Crippen LogP contribution in [-0.2, 0) is 0 Å². The van der Waals surface area contributed by atoms with Gasteiger partial charge in [-0.1, -0.05) is 19.3 Å². The van der Waals surface area contributed by atoms with E-state index in [4.69, 9.17) is 9.98 Å². The number of hydrogen-bond donors (Lipinski definition) is 1. The minimum atomic E-state index is -0.0209. The van der Waals surface area contributed by atoms with Gasteiger partial charge in [0.2, 0.25) is 11.9 Å². The molecule has 178 valence electrons. The van der Waals surface area contributed by atoms with Crippen molar-refractivity contribution in [1.29, 1.82) is 0 Å². The van der Waals surface area contributed by atoms with Crippen molar-refractivity contribution in [3.63, 3.8) is 0 Å². The third-order valence-corrected chi connectivity index (χ3v) is 7.58. The summed E-state index contributed by atoms with van der Waals surface area (Å²) in [5.74, 6) is 2.72. The first-order valence-corrected chi connectivity index (χ1v) is 12.5. The number of aliphatic imine (C=N–C) groups is 1. The van der Waals surface area contributed by atoms with Crippen molar-refractivity contribution in [3.8, 4) is 0 Å². The Morgan fingerprint density at radius 3 is 2.50 bits per heavy atom. The van der Waals surface area contributed by atoms with Crippen molar-refractivity contribution in [2.45, 2.75) is 57.5 Å². The molecule has 1 spiro atoms. The summed E-state index contributed by atoms with van der Waals surface area (Å²) in [6, 6.07) is 4.72. The number of piperazine rings is 1. The van der Waals surface area contributed by atoms with Crippen molar-refractivity contribution in [3.05, 3.63) is 24.5 Å². The number of fused-ring (bicyclic) bond motifs is 4. The lowest BCUT2D eigenvalue weighted by Gasteiger charge is -2.42. The van der Waals surface area contributed by atoms with E-state index in [9.17, 15) is 0 Å². The molecule has 0 unspecified atom stereocenters. The summed E-state index contributed by atoms with van der Waals surface area (Å²) in [7, 11) is 0. The molecule has 1 aliphatic carbocycles. The van der Waals surface area contributed by atoms with Gasteiger partial charge in [0.25, 0.3) is 0 Å². The summed E-state index contributed by atoms with van der Waals surface area (Å²) in [6.45, 7) is 9.50. The highest BCUT2D eigenvalue weighted by atomic mass is 15.5. The third-order valence-electron chi connectivity index (χ3n) is 7.58. The van der Waals surface area contributed by atoms with Crippen molar-refractivity contribution in [1.82, 2.24) is 19.9 Å². The number of nitrogens with one attached hydrogen (secondary N) is 1. The maximum atomic E-state index is 4.85. The SMILES string of the molecule is CC(C)N1CCN(c2ccc(Nc3ncc4c(n3)N3C(=NCC35CCCCC5)N=N4)nc2)CC1. The fourth-order valence-electron chi connectivity index (χ4n) is 5.58. The van der Waals surface area contributed by atoms with Gasteiger partial charge in [0, 0.05) is 32.2 Å². The Balaban J connectivity index is 1.18. The molecule has 10 nitrogen and oxygen atoms in total. The van der Waals surface area contributed by atoms with E-state index in [0.717, 1.165) is 62.9 Å². The number of hydrogen-bond acceptors (Lipinski definition) is 10. The minimum absolute atomic E-state index is 0.0209. The molecule has 0 atom stereocenters. The summed E-state index contributed by atoms with van der Waals surface area (Å²) in [5, 5.41) is 11.9. The fourth-order valence-corrected chi connectivity index (χ4v) is 5.58. The van der Waals surface area contributed by atoms with Crippen molar-refractivity contribution < 1.29 is 0 Å². The van der Waals surface area contributed by atoms with Gasteiger partial charge in [0.1, 0.15) is 11.5 Å². The van der Waals surface area contributed by atoms with Crippen LogP contribution in [0.2, 0.25) is 0 Å². The molecule has 0 amide bonds. The Kier molecular flexibility index (Phi) is 5.40. The molecule has 34 heavy (non-hydrogen) atoms. The van der Waals surface area contributed by atoms with Gasteiger partial charge >= 0.3 is 0 Å². The zero-order chi connectivity index (χ0) is 23.1. The molecule has 10 heteroatoms. The van der Waals surface area contributed by atoms with E-state index >= 15 is 0 Å². The van der Waals surface area contributed by atoms with Crippen LogP contribution in [0.3, 0.4) is 0 Å². The van der Waals surface area contributed by atoms with Crippen LogP contribution in [0.1, 0.15) is 46.0 Å². The quantitative estimate of drug-likeness (QED) is 0.733. The van der Waals surface area contributed by atoms with Crippen LogP contribution in [0.5, 0.6) is 0 Å². The normalized spacial score (nSPS) is 21.6. The first kappa shape index (κ1) is 21.4. The van der Waals surface area contributed by atoms with Crippen LogP contribution in [0, 0.1) is 0 Å². The molecule has 6 rings (SSSR count). The van der Waals surface area contributed by atoms with Crippen molar-refractivity contribution >= 4 is 34.9 Å². The Labute approximate surface area is 200 Å². The molecule has 0 aromatic carbocycles. The highest BCUT2D eigenvalue weighted by molar-refractivity contribution is 6.02. The average Bonchev–Trinajstić information content (AvgIpc) is 3.23. The first-order valence-electron chi connectivity index (χ1n) is 12.5. The highest BCUT2D eigenvalue weighted by Crippen LogP contribution is 2.45. The lowest BCUT2D eigenvalue weighted by atomic mass is 9.81. The molecule has 0 radical (unpaired) electrons. The Hall–Kier alpha value is -3.14. The van der Waals surface area contributed by atoms with E-state index in [1.165, 1.54) is 19.3 Å². The smallest absolute Gasteiger partial charge is 0.247 e. The third kappa shape index (κ3) is 3.79. The second kappa shape index (κ2) is 8.57. The van der Waals surface area contributed by atoms with E-state index in [-0.39, 0.29) is 5.54 Å². The largest absolute Gasteiger partial charge is 0.368 e. The number of guanidine groups is 1. The number of azo groups is 1. The van der Waals surface area contributed by atoms with Crippen LogP contribution in [0.25, 0.3) is 0 Å². The predicted octanol–water partition coefficient (Wildman–Crippen LogP) is 4.12. The summed E-state index contributed by atoms with van der Waals surface area (Å²) < 4.78 is 0. The molecular weight excluding hydrogens is 428 g/mol. The Bertz CT molecular complexity index is 1100. The van der Waals surface area contributed by atoms with Gasteiger partial charge in [0.15, 0.2) is 5.82 Å². The summed E-state index contributed by atoms with van der Waals surface area (Å²) in [4.78, 5) is 25.8. The molecule has 2 aromatic heterocycles. The van der Waals surface area contributed by atoms with Crippen LogP contribution in [-0.4, -0.2) is 70.1 Å². The second-order valence-electron chi connectivity index (χ2n) is 9.98. The van der Waals surface area contributed by atoms with Gasteiger partial charge in [-0.2, -0.15) is 4.98 Å². The fraction of sp³-hybridized carbons (Fsp3) is 0.583. The standard InChI is InChI=1S/C24H32N10/c1-17(2)32-10-12-33(13-11-32)18-6-7-20(25-14-18)28-22-26-15-19-21(29-22)34-23(31-30-19)27-16-24(34)8-4-3-5-9-24/h6-7,14-15,17H,3-5,8-13,16H2,1-2H3,(H,25,26,28,29). The predicted molar refractivity (Wildman–Crippen MR) is 134 cm³/mol. The Morgan fingerprint density at radius 2 is 1.76 bits per heavy atom. The highest BCUT2D eigenvalue weighted by Gasteiger charge is 2.47. The molecule has 0 bridgehead atoms. The van der Waals surface area contributed by atoms with Gasteiger partial charge in [0.05, 0.1) is 30.2 Å². The summed E-state index contributed by atoms with van der Waals surface area (Å²) >= 11 is 0. The molecule has 5 heterocycles. The average molecular weight is 461 g/mol. The van der Waals surface area contributed by atoms with Crippen molar-refractivity contribution in [2.24, 2.45) is 15.2 Å². The summed E-state index contributed by atoms with van der Waals surface area (Å²) in [5.41, 5.74) is 1.82. The molecule has 1 saturated heterocycles. The van der Waals surface area contributed by atoms with E-state index in [0.29, 0.717) is 23.6 Å². The van der Waals surface area contributed by atoms with E-state index in [1.807, 2.05) is 12.3 Å². The lowest BCUT2D eigenvalue weighted by molar-refractivity contribution is 0.209. The van der Waals surface area contributed by atoms with Crippen LogP contribution in [0.15, 0.2) is 39.7 Å². The monoisotopic (exact) mass is 460 g/mol. The number of anilines is 4. The number of aromatic nitrogens is 3. The zero-order valence-corrected chi connectivity index (χ0v) is 20.0. The van der Waals surface area contributed by atoms with Gasteiger partial charge in [-0.15, -0.1) is 10.2 Å². The molecule has 2 aromatic rings. The van der Waals surface area contributed by atoms with E-state index in [1.54, 1.807) is 6.20 Å². The first-order chi connectivity index (χ1) is 16.6. The van der Waals surface area contributed by atoms with E-state index < -0.39 is 0 Å². The molecular formula is C24H32N10. The maximum absolute atomic E-state index is 4.85. The maximum Gasteiger partial charge on any atom is 0.247 e. The molecule has 2 fully saturated rings. The van der Waals surface area contributed by atoms with Crippen LogP contribution < -0.4 is 15.1 Å². The number of nitrogens with zero attached hydrogens (tertiary/aromatic N) is 9. The molecule has 1 saturated carbocycles. The molecule has 4 aliphatic rings. The van der Waals surface area contributed by atoms with Gasteiger partial charge in [-0.25, -0.2) is 15.0 Å². The molecule has 3 aliphatic heterocycles. The topological polar surface area (TPSA) is 97.5 Å². The lowest BCUT2D eigenvalue weighted by Crippen LogP contribution is -2.51.